The Kier molecular flexibility index (Phi) is 3.53. The van der Waals surface area contributed by atoms with Crippen LogP contribution in [-0.4, -0.2) is 12.1 Å². The lowest BCUT2D eigenvalue weighted by atomic mass is 9.73. The number of ether oxygens (including phenoxy) is 1. The molecule has 0 radical (unpaired) electrons. The van der Waals surface area contributed by atoms with Gasteiger partial charge in [-0.15, -0.1) is 0 Å². The standard InChI is InChI=1S/C16H19NO2/c18-16(19-11-13-4-2-1-3-5-13)17-15-10-12-6-8-14(15)9-7-12/h1-6,8,12,14-15H,7,9-11H2,(H,17,18). The number of hydrogen-bond donors (Lipinski definition) is 1. The average molecular weight is 257 g/mol. The molecule has 1 amide bonds. The maximum Gasteiger partial charge on any atom is 0.407 e. The van der Waals surface area contributed by atoms with Crippen LogP contribution in [0.2, 0.25) is 0 Å². The summed E-state index contributed by atoms with van der Waals surface area (Å²) < 4.78 is 5.26. The molecule has 3 unspecified atom stereocenters. The Morgan fingerprint density at radius 3 is 2.68 bits per heavy atom. The maximum absolute atomic E-state index is 11.8. The van der Waals surface area contributed by atoms with Crippen LogP contribution in [0.25, 0.3) is 0 Å². The van der Waals surface area contributed by atoms with Gasteiger partial charge in [-0.2, -0.15) is 0 Å². The molecule has 0 saturated heterocycles. The van der Waals surface area contributed by atoms with Gasteiger partial charge in [0.1, 0.15) is 6.61 Å². The minimum atomic E-state index is -0.296. The lowest BCUT2D eigenvalue weighted by molar-refractivity contribution is 0.126. The number of rotatable bonds is 3. The zero-order valence-corrected chi connectivity index (χ0v) is 10.9. The largest absolute Gasteiger partial charge is 0.445 e. The van der Waals surface area contributed by atoms with E-state index in [0.717, 1.165) is 12.0 Å². The van der Waals surface area contributed by atoms with E-state index in [1.54, 1.807) is 0 Å². The molecule has 0 aromatic heterocycles. The second kappa shape index (κ2) is 5.47. The molecule has 0 heterocycles. The van der Waals surface area contributed by atoms with Gasteiger partial charge >= 0.3 is 6.09 Å². The molecule has 2 bridgehead atoms. The lowest BCUT2D eigenvalue weighted by Crippen LogP contribution is -2.45. The second-order valence-corrected chi connectivity index (χ2v) is 5.43. The van der Waals surface area contributed by atoms with Crippen LogP contribution in [0.5, 0.6) is 0 Å². The Labute approximate surface area is 113 Å². The predicted octanol–water partition coefficient (Wildman–Crippen LogP) is 3.27. The zero-order valence-electron chi connectivity index (χ0n) is 10.9. The first-order valence-corrected chi connectivity index (χ1v) is 6.97. The quantitative estimate of drug-likeness (QED) is 0.844. The number of benzene rings is 1. The van der Waals surface area contributed by atoms with Crippen molar-refractivity contribution in [2.24, 2.45) is 11.8 Å². The van der Waals surface area contributed by atoms with Crippen molar-refractivity contribution >= 4 is 6.09 Å². The number of nitrogens with one attached hydrogen (secondary N) is 1. The molecular formula is C16H19NO2. The molecule has 3 nitrogen and oxygen atoms in total. The molecule has 3 atom stereocenters. The summed E-state index contributed by atoms with van der Waals surface area (Å²) in [7, 11) is 0. The van der Waals surface area contributed by atoms with Gasteiger partial charge < -0.3 is 10.1 Å². The van der Waals surface area contributed by atoms with Crippen LogP contribution in [0.15, 0.2) is 42.5 Å². The average Bonchev–Trinajstić information content (AvgIpc) is 2.47. The van der Waals surface area contributed by atoms with Gasteiger partial charge in [0.05, 0.1) is 0 Å². The number of amides is 1. The highest BCUT2D eigenvalue weighted by Gasteiger charge is 2.32. The van der Waals surface area contributed by atoms with E-state index in [1.165, 1.54) is 12.8 Å². The number of allylic oxidation sites excluding steroid dienone is 1. The molecule has 1 fully saturated rings. The first kappa shape index (κ1) is 12.3. The molecule has 3 heteroatoms. The van der Waals surface area contributed by atoms with Crippen molar-refractivity contribution in [3.05, 3.63) is 48.0 Å². The van der Waals surface area contributed by atoms with E-state index >= 15 is 0 Å². The molecule has 0 spiro atoms. The first-order chi connectivity index (χ1) is 9.31. The minimum absolute atomic E-state index is 0.257. The van der Waals surface area contributed by atoms with Crippen molar-refractivity contribution in [1.82, 2.24) is 5.32 Å². The molecule has 3 aliphatic rings. The van der Waals surface area contributed by atoms with Crippen LogP contribution in [0.1, 0.15) is 24.8 Å². The number of carbonyl (C=O) groups is 1. The number of carbonyl (C=O) groups excluding carboxylic acids is 1. The van der Waals surface area contributed by atoms with E-state index in [1.807, 2.05) is 30.3 Å². The lowest BCUT2D eigenvalue weighted by Gasteiger charge is -2.37. The third-order valence-electron chi connectivity index (χ3n) is 4.09. The van der Waals surface area contributed by atoms with Crippen molar-refractivity contribution in [2.45, 2.75) is 31.9 Å². The van der Waals surface area contributed by atoms with Crippen LogP contribution in [0.3, 0.4) is 0 Å². The molecule has 1 aromatic carbocycles. The number of hydrogen-bond acceptors (Lipinski definition) is 2. The van der Waals surface area contributed by atoms with Crippen LogP contribution in [0, 0.1) is 11.8 Å². The molecule has 4 rings (SSSR count). The van der Waals surface area contributed by atoms with Crippen molar-refractivity contribution in [1.29, 1.82) is 0 Å². The highest BCUT2D eigenvalue weighted by atomic mass is 16.5. The third-order valence-corrected chi connectivity index (χ3v) is 4.09. The molecule has 19 heavy (non-hydrogen) atoms. The van der Waals surface area contributed by atoms with Gasteiger partial charge in [0.25, 0.3) is 0 Å². The highest BCUT2D eigenvalue weighted by molar-refractivity contribution is 5.67. The molecule has 100 valence electrons. The van der Waals surface area contributed by atoms with E-state index in [2.05, 4.69) is 17.5 Å². The molecule has 3 aliphatic carbocycles. The Balaban J connectivity index is 1.48. The Bertz CT molecular complexity index is 469. The van der Waals surface area contributed by atoms with Gasteiger partial charge in [-0.05, 0) is 36.7 Å². The zero-order chi connectivity index (χ0) is 13.1. The topological polar surface area (TPSA) is 38.3 Å². The summed E-state index contributed by atoms with van der Waals surface area (Å²) in [5, 5.41) is 3.01. The van der Waals surface area contributed by atoms with Crippen molar-refractivity contribution in [3.8, 4) is 0 Å². The normalized spacial score (nSPS) is 28.1. The summed E-state index contributed by atoms with van der Waals surface area (Å²) in [5.41, 5.74) is 1.02. The summed E-state index contributed by atoms with van der Waals surface area (Å²) >= 11 is 0. The summed E-state index contributed by atoms with van der Waals surface area (Å²) in [4.78, 5) is 11.8. The fourth-order valence-corrected chi connectivity index (χ4v) is 3.01. The van der Waals surface area contributed by atoms with E-state index in [9.17, 15) is 4.79 Å². The Morgan fingerprint density at radius 2 is 2.05 bits per heavy atom. The summed E-state index contributed by atoms with van der Waals surface area (Å²) in [5.74, 6) is 1.14. The summed E-state index contributed by atoms with van der Waals surface area (Å²) in [6.07, 6.45) is 7.75. The van der Waals surface area contributed by atoms with Crippen molar-refractivity contribution < 1.29 is 9.53 Å². The van der Waals surface area contributed by atoms with E-state index in [4.69, 9.17) is 4.74 Å². The van der Waals surface area contributed by atoms with E-state index in [-0.39, 0.29) is 12.1 Å². The van der Waals surface area contributed by atoms with Gasteiger partial charge in [-0.3, -0.25) is 0 Å². The van der Waals surface area contributed by atoms with Crippen molar-refractivity contribution in [3.63, 3.8) is 0 Å². The molecule has 0 aliphatic heterocycles. The smallest absolute Gasteiger partial charge is 0.407 e. The molecule has 1 N–H and O–H groups in total. The number of fused-ring (bicyclic) bond motifs is 2. The molecule has 1 aromatic rings. The Morgan fingerprint density at radius 1 is 1.21 bits per heavy atom. The molecule has 1 saturated carbocycles. The Hall–Kier alpha value is -1.77. The van der Waals surface area contributed by atoms with Gasteiger partial charge in [-0.1, -0.05) is 42.5 Å². The van der Waals surface area contributed by atoms with Crippen LogP contribution in [0.4, 0.5) is 4.79 Å². The maximum atomic E-state index is 11.8. The highest BCUT2D eigenvalue weighted by Crippen LogP contribution is 2.36. The second-order valence-electron chi connectivity index (χ2n) is 5.43. The summed E-state index contributed by atoms with van der Waals surface area (Å²) in [6, 6.07) is 10.0. The minimum Gasteiger partial charge on any atom is -0.445 e. The van der Waals surface area contributed by atoms with Gasteiger partial charge in [0, 0.05) is 6.04 Å². The fourth-order valence-electron chi connectivity index (χ4n) is 3.01. The predicted molar refractivity (Wildman–Crippen MR) is 73.5 cm³/mol. The fraction of sp³-hybridized carbons (Fsp3) is 0.438. The van der Waals surface area contributed by atoms with Crippen LogP contribution in [-0.2, 0) is 11.3 Å². The number of alkyl carbamates (subject to hydrolysis) is 1. The van der Waals surface area contributed by atoms with Gasteiger partial charge in [0.2, 0.25) is 0 Å². The van der Waals surface area contributed by atoms with E-state index in [0.29, 0.717) is 18.4 Å². The van der Waals surface area contributed by atoms with Gasteiger partial charge in [0.15, 0.2) is 0 Å². The van der Waals surface area contributed by atoms with Crippen molar-refractivity contribution in [2.75, 3.05) is 0 Å². The summed E-state index contributed by atoms with van der Waals surface area (Å²) in [6.45, 7) is 0.337. The monoisotopic (exact) mass is 257 g/mol. The molecular weight excluding hydrogens is 238 g/mol. The SMILES string of the molecule is O=C(NC1CC2C=CC1CC2)OCc1ccccc1. The van der Waals surface area contributed by atoms with Crippen LogP contribution >= 0.6 is 0 Å². The van der Waals surface area contributed by atoms with Gasteiger partial charge in [-0.25, -0.2) is 4.79 Å². The first-order valence-electron chi connectivity index (χ1n) is 6.97. The van der Waals surface area contributed by atoms with E-state index < -0.39 is 0 Å². The third kappa shape index (κ3) is 2.98. The van der Waals surface area contributed by atoms with Crippen LogP contribution < -0.4 is 5.32 Å².